The molecule has 0 radical (unpaired) electrons. The predicted molar refractivity (Wildman–Crippen MR) is 96.4 cm³/mol. The number of rotatable bonds is 4. The lowest BCUT2D eigenvalue weighted by Crippen LogP contribution is -2.39. The fourth-order valence-corrected chi connectivity index (χ4v) is 3.02. The van der Waals surface area contributed by atoms with Crippen molar-refractivity contribution in [1.82, 2.24) is 28.5 Å². The Hall–Kier alpha value is -2.90. The molecule has 0 aliphatic carbocycles. The van der Waals surface area contributed by atoms with Gasteiger partial charge in [-0.15, -0.1) is 6.58 Å². The number of hydrogen-bond acceptors (Lipinski definition) is 4. The second-order valence-corrected chi connectivity index (χ2v) is 6.08. The SMILES string of the molecule is C=CCn1c(-n2nc(C)c(C)c2C)nc2c1c(=O)n(CC)c(=O)n2C. The molecular formula is C17H22N6O2. The molecule has 8 nitrogen and oxygen atoms in total. The van der Waals surface area contributed by atoms with Crippen molar-refractivity contribution in [2.75, 3.05) is 0 Å². The van der Waals surface area contributed by atoms with Gasteiger partial charge >= 0.3 is 5.69 Å². The van der Waals surface area contributed by atoms with Crippen LogP contribution in [0.15, 0.2) is 22.2 Å². The van der Waals surface area contributed by atoms with Crippen LogP contribution < -0.4 is 11.2 Å². The fourth-order valence-electron chi connectivity index (χ4n) is 3.02. The highest BCUT2D eigenvalue weighted by atomic mass is 16.2. The van der Waals surface area contributed by atoms with Gasteiger partial charge in [0.1, 0.15) is 0 Å². The fraction of sp³-hybridized carbons (Fsp3) is 0.412. The molecule has 0 atom stereocenters. The summed E-state index contributed by atoms with van der Waals surface area (Å²) in [6, 6.07) is 0. The average molecular weight is 342 g/mol. The van der Waals surface area contributed by atoms with Crippen molar-refractivity contribution in [2.45, 2.75) is 40.8 Å². The van der Waals surface area contributed by atoms with Crippen molar-refractivity contribution in [3.63, 3.8) is 0 Å². The smallest absolute Gasteiger partial charge is 0.299 e. The number of aryl methyl sites for hydroxylation is 2. The second kappa shape index (κ2) is 5.87. The molecule has 0 bridgehead atoms. The quantitative estimate of drug-likeness (QED) is 0.668. The lowest BCUT2D eigenvalue weighted by molar-refractivity contribution is 0.634. The van der Waals surface area contributed by atoms with Crippen LogP contribution in [0.4, 0.5) is 0 Å². The molecule has 0 aromatic carbocycles. The van der Waals surface area contributed by atoms with Gasteiger partial charge < -0.3 is 0 Å². The Labute approximate surface area is 144 Å². The molecule has 3 rings (SSSR count). The van der Waals surface area contributed by atoms with Crippen LogP contribution in [0, 0.1) is 20.8 Å². The van der Waals surface area contributed by atoms with Gasteiger partial charge in [-0.2, -0.15) is 10.1 Å². The zero-order chi connectivity index (χ0) is 18.5. The van der Waals surface area contributed by atoms with Gasteiger partial charge in [0.25, 0.3) is 5.56 Å². The van der Waals surface area contributed by atoms with E-state index in [2.05, 4.69) is 16.7 Å². The van der Waals surface area contributed by atoms with Crippen molar-refractivity contribution in [3.05, 3.63) is 50.4 Å². The minimum Gasteiger partial charge on any atom is -0.299 e. The highest BCUT2D eigenvalue weighted by Crippen LogP contribution is 2.19. The molecule has 0 amide bonds. The molecule has 3 aromatic rings. The van der Waals surface area contributed by atoms with Crippen LogP contribution in [0.2, 0.25) is 0 Å². The summed E-state index contributed by atoms with van der Waals surface area (Å²) < 4.78 is 6.09. The molecular weight excluding hydrogens is 320 g/mol. The third-order valence-electron chi connectivity index (χ3n) is 4.68. The van der Waals surface area contributed by atoms with Gasteiger partial charge in [-0.05, 0) is 33.3 Å². The van der Waals surface area contributed by atoms with E-state index in [9.17, 15) is 9.59 Å². The topological polar surface area (TPSA) is 79.6 Å². The van der Waals surface area contributed by atoms with Crippen LogP contribution in [-0.4, -0.2) is 28.5 Å². The van der Waals surface area contributed by atoms with E-state index < -0.39 is 0 Å². The molecule has 0 fully saturated rings. The van der Waals surface area contributed by atoms with Crippen LogP contribution >= 0.6 is 0 Å². The molecule has 3 heterocycles. The van der Waals surface area contributed by atoms with Gasteiger partial charge in [-0.3, -0.25) is 18.5 Å². The third-order valence-corrected chi connectivity index (χ3v) is 4.68. The van der Waals surface area contributed by atoms with Gasteiger partial charge in [0.05, 0.1) is 5.69 Å². The Kier molecular flexibility index (Phi) is 3.98. The third kappa shape index (κ3) is 2.28. The van der Waals surface area contributed by atoms with Gasteiger partial charge in [0.15, 0.2) is 11.2 Å². The number of hydrogen-bond donors (Lipinski definition) is 0. The molecule has 8 heteroatoms. The zero-order valence-electron chi connectivity index (χ0n) is 15.2. The van der Waals surface area contributed by atoms with Crippen LogP contribution in [0.1, 0.15) is 23.9 Å². The molecule has 0 saturated heterocycles. The van der Waals surface area contributed by atoms with E-state index in [1.54, 1.807) is 29.3 Å². The lowest BCUT2D eigenvalue weighted by Gasteiger charge is -2.09. The molecule has 132 valence electrons. The first-order valence-electron chi connectivity index (χ1n) is 8.17. The standard InChI is InChI=1S/C17H22N6O2/c1-7-9-22-13-14(20(6)17(25)21(8-2)15(13)24)18-16(22)23-12(5)10(3)11(4)19-23/h7H,1,8-9H2,2-6H3. The molecule has 0 unspecified atom stereocenters. The molecule has 3 aromatic heterocycles. The summed E-state index contributed by atoms with van der Waals surface area (Å²) in [6.07, 6.45) is 1.70. The van der Waals surface area contributed by atoms with E-state index >= 15 is 0 Å². The number of aromatic nitrogens is 6. The second-order valence-electron chi connectivity index (χ2n) is 6.08. The Bertz CT molecular complexity index is 1110. The minimum atomic E-state index is -0.376. The van der Waals surface area contributed by atoms with E-state index in [4.69, 9.17) is 0 Å². The summed E-state index contributed by atoms with van der Waals surface area (Å²) in [5.41, 5.74) is 2.91. The van der Waals surface area contributed by atoms with Crippen LogP contribution in [0.3, 0.4) is 0 Å². The highest BCUT2D eigenvalue weighted by Gasteiger charge is 2.22. The van der Waals surface area contributed by atoms with Crippen molar-refractivity contribution < 1.29 is 0 Å². The predicted octanol–water partition coefficient (Wildman–Crippen LogP) is 1.21. The summed E-state index contributed by atoms with van der Waals surface area (Å²) in [5, 5.41) is 4.55. The Morgan fingerprint density at radius 1 is 1.16 bits per heavy atom. The maximum absolute atomic E-state index is 12.9. The lowest BCUT2D eigenvalue weighted by atomic mass is 10.2. The summed E-state index contributed by atoms with van der Waals surface area (Å²) in [7, 11) is 1.62. The Balaban J connectivity index is 2.51. The van der Waals surface area contributed by atoms with E-state index in [-0.39, 0.29) is 11.2 Å². The summed E-state index contributed by atoms with van der Waals surface area (Å²) in [5.74, 6) is 0.504. The molecule has 0 aliphatic rings. The van der Waals surface area contributed by atoms with Gasteiger partial charge in [-0.1, -0.05) is 6.08 Å². The van der Waals surface area contributed by atoms with Crippen molar-refractivity contribution in [2.24, 2.45) is 7.05 Å². The van der Waals surface area contributed by atoms with Crippen LogP contribution in [0.5, 0.6) is 0 Å². The zero-order valence-corrected chi connectivity index (χ0v) is 15.2. The van der Waals surface area contributed by atoms with Crippen molar-refractivity contribution in [1.29, 1.82) is 0 Å². The van der Waals surface area contributed by atoms with Gasteiger partial charge in [-0.25, -0.2) is 9.48 Å². The number of nitrogens with zero attached hydrogens (tertiary/aromatic N) is 6. The summed E-state index contributed by atoms with van der Waals surface area (Å²) >= 11 is 0. The molecule has 25 heavy (non-hydrogen) atoms. The molecule has 0 N–H and O–H groups in total. The normalized spacial score (nSPS) is 11.4. The average Bonchev–Trinajstić information content (AvgIpc) is 3.07. The van der Waals surface area contributed by atoms with Crippen LogP contribution in [-0.2, 0) is 20.1 Å². The number of allylic oxidation sites excluding steroid dienone is 1. The monoisotopic (exact) mass is 342 g/mol. The first-order chi connectivity index (χ1) is 11.8. The van der Waals surface area contributed by atoms with Gasteiger partial charge in [0.2, 0.25) is 5.95 Å². The van der Waals surface area contributed by atoms with E-state index in [1.807, 2.05) is 20.8 Å². The van der Waals surface area contributed by atoms with E-state index in [1.165, 1.54) is 9.13 Å². The maximum Gasteiger partial charge on any atom is 0.332 e. The largest absolute Gasteiger partial charge is 0.332 e. The van der Waals surface area contributed by atoms with Gasteiger partial charge in [0, 0.05) is 25.8 Å². The van der Waals surface area contributed by atoms with E-state index in [0.29, 0.717) is 30.2 Å². The number of fused-ring (bicyclic) bond motifs is 1. The Morgan fingerprint density at radius 2 is 1.84 bits per heavy atom. The molecule has 0 aliphatic heterocycles. The first kappa shape index (κ1) is 16.9. The maximum atomic E-state index is 12.9. The van der Waals surface area contributed by atoms with E-state index in [0.717, 1.165) is 17.0 Å². The summed E-state index contributed by atoms with van der Waals surface area (Å²) in [6.45, 7) is 12.1. The van der Waals surface area contributed by atoms with Crippen LogP contribution in [0.25, 0.3) is 17.1 Å². The molecule has 0 spiro atoms. The highest BCUT2D eigenvalue weighted by molar-refractivity contribution is 5.72. The summed E-state index contributed by atoms with van der Waals surface area (Å²) in [4.78, 5) is 29.8. The minimum absolute atomic E-state index is 0.301. The Morgan fingerprint density at radius 3 is 2.36 bits per heavy atom. The number of imidazole rings is 1. The van der Waals surface area contributed by atoms with Crippen molar-refractivity contribution in [3.8, 4) is 5.95 Å². The van der Waals surface area contributed by atoms with Crippen molar-refractivity contribution >= 4 is 11.2 Å². The molecule has 0 saturated carbocycles. The first-order valence-corrected chi connectivity index (χ1v) is 8.17.